The average molecular weight is 338 g/mol. The fraction of sp³-hybridized carbons (Fsp3) is 0.455. The zero-order valence-corrected chi connectivity index (χ0v) is 13.5. The molecule has 0 N–H and O–H groups in total. The van der Waals surface area contributed by atoms with E-state index in [4.69, 9.17) is 0 Å². The maximum Gasteiger partial charge on any atom is 0.260 e. The van der Waals surface area contributed by atoms with Crippen LogP contribution in [-0.4, -0.2) is 43.9 Å². The Balaban J connectivity index is 5.86. The highest BCUT2D eigenvalue weighted by Crippen LogP contribution is 2.12. The second-order valence-corrected chi connectivity index (χ2v) is 7.36. The molecule has 2 amide bonds. The summed E-state index contributed by atoms with van der Waals surface area (Å²) >= 11 is 0. The summed E-state index contributed by atoms with van der Waals surface area (Å²) in [7, 11) is -8.44. The van der Waals surface area contributed by atoms with Crippen LogP contribution in [0.1, 0.15) is 26.7 Å². The average Bonchev–Trinajstić information content (AvgIpc) is 2.46. The van der Waals surface area contributed by atoms with E-state index >= 15 is 0 Å². The van der Waals surface area contributed by atoms with Crippen molar-refractivity contribution < 1.29 is 26.4 Å². The molecule has 0 aromatic rings. The largest absolute Gasteiger partial charge is 0.274 e. The Bertz CT molecular complexity index is 580. The van der Waals surface area contributed by atoms with Crippen LogP contribution in [0.15, 0.2) is 24.0 Å². The molecule has 0 aliphatic rings. The minimum Gasteiger partial charge on any atom is -0.274 e. The Hall–Kier alpha value is -1.68. The van der Waals surface area contributed by atoms with E-state index < -0.39 is 38.5 Å². The van der Waals surface area contributed by atoms with Gasteiger partial charge in [0.25, 0.3) is 20.0 Å². The Labute approximate surface area is 124 Å². The summed E-state index contributed by atoms with van der Waals surface area (Å²) in [5.41, 5.74) is 0. The van der Waals surface area contributed by atoms with Crippen LogP contribution in [0.4, 0.5) is 0 Å². The van der Waals surface area contributed by atoms with E-state index in [9.17, 15) is 26.4 Å². The van der Waals surface area contributed by atoms with E-state index in [-0.39, 0.29) is 21.5 Å². The number of nitrogens with zero attached hydrogens (tertiary/aromatic N) is 2. The first-order valence-electron chi connectivity index (χ1n) is 5.93. The molecule has 0 aromatic heterocycles. The minimum absolute atomic E-state index is 0.185. The van der Waals surface area contributed by atoms with Gasteiger partial charge in [0.1, 0.15) is 6.67 Å². The molecule has 0 aliphatic carbocycles. The molecule has 0 saturated heterocycles. The Morgan fingerprint density at radius 2 is 1.14 bits per heavy atom. The first-order chi connectivity index (χ1) is 9.57. The maximum atomic E-state index is 11.8. The lowest BCUT2D eigenvalue weighted by molar-refractivity contribution is -0.130. The third-order valence-electron chi connectivity index (χ3n) is 2.45. The summed E-state index contributed by atoms with van der Waals surface area (Å²) in [6.45, 7) is 8.01. The van der Waals surface area contributed by atoms with Crippen molar-refractivity contribution in [3.05, 3.63) is 24.0 Å². The molecule has 0 heterocycles. The van der Waals surface area contributed by atoms with Crippen molar-refractivity contribution >= 4 is 31.9 Å². The molecule has 0 aromatic carbocycles. The lowest BCUT2D eigenvalue weighted by atomic mass is 10.4. The number of carbonyl (C=O) groups excluding carboxylic acids is 2. The molecule has 0 fully saturated rings. The van der Waals surface area contributed by atoms with Gasteiger partial charge in [0.05, 0.1) is 0 Å². The molecular formula is C11H18N2O6S2. The van der Waals surface area contributed by atoms with Crippen molar-refractivity contribution in [1.29, 1.82) is 0 Å². The van der Waals surface area contributed by atoms with E-state index in [1.54, 1.807) is 0 Å². The van der Waals surface area contributed by atoms with Crippen LogP contribution in [0.25, 0.3) is 0 Å². The molecule has 120 valence electrons. The van der Waals surface area contributed by atoms with Crippen molar-refractivity contribution in [2.75, 3.05) is 6.67 Å². The number of rotatable bonds is 8. The van der Waals surface area contributed by atoms with Crippen molar-refractivity contribution in [3.8, 4) is 0 Å². The van der Waals surface area contributed by atoms with E-state index in [1.165, 1.54) is 13.8 Å². The molecule has 0 rings (SSSR count). The van der Waals surface area contributed by atoms with Crippen molar-refractivity contribution in [2.45, 2.75) is 26.7 Å². The van der Waals surface area contributed by atoms with Crippen LogP contribution in [0, 0.1) is 0 Å². The number of amides is 2. The van der Waals surface area contributed by atoms with Crippen LogP contribution in [0.2, 0.25) is 0 Å². The van der Waals surface area contributed by atoms with E-state index in [0.29, 0.717) is 10.8 Å². The van der Waals surface area contributed by atoms with Gasteiger partial charge in [0, 0.05) is 23.7 Å². The van der Waals surface area contributed by atoms with E-state index in [1.807, 2.05) is 0 Å². The summed E-state index contributed by atoms with van der Waals surface area (Å²) in [4.78, 5) is 23.4. The predicted molar refractivity (Wildman–Crippen MR) is 77.4 cm³/mol. The number of carbonyl (C=O) groups is 2. The number of hydrogen-bond donors (Lipinski definition) is 0. The van der Waals surface area contributed by atoms with Gasteiger partial charge < -0.3 is 0 Å². The molecule has 0 atom stereocenters. The molecule has 0 saturated carbocycles. The second kappa shape index (κ2) is 7.36. The molecular weight excluding hydrogens is 320 g/mol. The second-order valence-electron chi connectivity index (χ2n) is 3.76. The van der Waals surface area contributed by atoms with Gasteiger partial charge in [-0.05, 0) is 0 Å². The first kappa shape index (κ1) is 19.3. The summed E-state index contributed by atoms with van der Waals surface area (Å²) < 4.78 is 47.7. The fourth-order valence-electron chi connectivity index (χ4n) is 1.25. The highest BCUT2D eigenvalue weighted by Gasteiger charge is 2.32. The summed E-state index contributed by atoms with van der Waals surface area (Å²) in [5, 5.41) is 1.02. The zero-order chi connectivity index (χ0) is 16.8. The van der Waals surface area contributed by atoms with E-state index in [2.05, 4.69) is 13.2 Å². The van der Waals surface area contributed by atoms with Gasteiger partial charge in [-0.3, -0.25) is 9.59 Å². The molecule has 8 nitrogen and oxygen atoms in total. The highest BCUT2D eigenvalue weighted by atomic mass is 32.2. The lowest BCUT2D eigenvalue weighted by Gasteiger charge is -2.27. The van der Waals surface area contributed by atoms with Gasteiger partial charge in [-0.2, -0.15) is 0 Å². The van der Waals surface area contributed by atoms with Gasteiger partial charge in [0.2, 0.25) is 11.8 Å². The van der Waals surface area contributed by atoms with Crippen LogP contribution in [-0.2, 0) is 29.6 Å². The standard InChI is InChI=1S/C11H18N2O6S2/c1-5-10(14)12(20(16,17)7-3)9-13(11(15)6-2)21(18,19)8-4/h7-8H,3-6,9H2,1-2H3. The molecule has 0 unspecified atom stereocenters. The summed E-state index contributed by atoms with van der Waals surface area (Å²) in [6.07, 6.45) is -0.370. The quantitative estimate of drug-likeness (QED) is 0.591. The zero-order valence-electron chi connectivity index (χ0n) is 11.9. The van der Waals surface area contributed by atoms with Crippen LogP contribution < -0.4 is 0 Å². The number of hydrogen-bond acceptors (Lipinski definition) is 6. The SMILES string of the molecule is C=CS(=O)(=O)N(CN(C(=O)CC)S(=O)(=O)C=C)C(=O)CC. The molecule has 0 aliphatic heterocycles. The smallest absolute Gasteiger partial charge is 0.260 e. The topological polar surface area (TPSA) is 109 Å². The minimum atomic E-state index is -4.22. The van der Waals surface area contributed by atoms with Crippen molar-refractivity contribution in [2.24, 2.45) is 0 Å². The Morgan fingerprint density at radius 1 is 0.857 bits per heavy atom. The third kappa shape index (κ3) is 4.67. The fourth-order valence-corrected chi connectivity index (χ4v) is 3.06. The Morgan fingerprint density at radius 3 is 1.33 bits per heavy atom. The maximum absolute atomic E-state index is 11.8. The summed E-state index contributed by atoms with van der Waals surface area (Å²) in [5.74, 6) is -1.72. The lowest BCUT2D eigenvalue weighted by Crippen LogP contribution is -2.47. The monoisotopic (exact) mass is 338 g/mol. The van der Waals surface area contributed by atoms with Gasteiger partial charge in [-0.1, -0.05) is 27.0 Å². The first-order valence-corrected chi connectivity index (χ1v) is 8.94. The summed E-state index contributed by atoms with van der Waals surface area (Å²) in [6, 6.07) is 0. The van der Waals surface area contributed by atoms with Crippen LogP contribution >= 0.6 is 0 Å². The van der Waals surface area contributed by atoms with Crippen LogP contribution in [0.5, 0.6) is 0 Å². The number of sulfonamides is 2. The molecule has 0 radical (unpaired) electrons. The molecule has 0 spiro atoms. The van der Waals surface area contributed by atoms with E-state index in [0.717, 1.165) is 0 Å². The molecule has 0 bridgehead atoms. The van der Waals surface area contributed by atoms with Crippen molar-refractivity contribution in [1.82, 2.24) is 8.61 Å². The Kier molecular flexibility index (Phi) is 6.77. The van der Waals surface area contributed by atoms with Gasteiger partial charge in [-0.25, -0.2) is 25.4 Å². The van der Waals surface area contributed by atoms with Crippen LogP contribution in [0.3, 0.4) is 0 Å². The van der Waals surface area contributed by atoms with Gasteiger partial charge >= 0.3 is 0 Å². The highest BCUT2D eigenvalue weighted by molar-refractivity contribution is 7.93. The third-order valence-corrected chi connectivity index (χ3v) is 5.16. The molecule has 21 heavy (non-hydrogen) atoms. The van der Waals surface area contributed by atoms with Gasteiger partial charge in [-0.15, -0.1) is 0 Å². The molecule has 10 heteroatoms. The normalized spacial score (nSPS) is 11.5. The predicted octanol–water partition coefficient (Wildman–Crippen LogP) is 0.368. The van der Waals surface area contributed by atoms with Crippen molar-refractivity contribution in [3.63, 3.8) is 0 Å². The van der Waals surface area contributed by atoms with Gasteiger partial charge in [0.15, 0.2) is 0 Å².